The van der Waals surface area contributed by atoms with Gasteiger partial charge in [0.2, 0.25) is 0 Å². The number of nitrogens with zero attached hydrogens (tertiary/aromatic N) is 3. The number of hydrogen-bond acceptors (Lipinski definition) is 14. The molecular formula is C65H77N4O11PS. The second-order valence-corrected chi connectivity index (χ2v) is 24.3. The molecule has 2 heterocycles. The largest absolute Gasteiger partial charge is 0.497 e. The molecule has 0 saturated carbocycles. The van der Waals surface area contributed by atoms with Crippen LogP contribution in [0.5, 0.6) is 11.5 Å². The van der Waals surface area contributed by atoms with Gasteiger partial charge in [0.1, 0.15) is 46.3 Å². The van der Waals surface area contributed by atoms with Gasteiger partial charge in [-0.25, -0.2) is 14.0 Å². The highest BCUT2D eigenvalue weighted by atomic mass is 32.2. The summed E-state index contributed by atoms with van der Waals surface area (Å²) >= 11 is 1.07. The molecule has 0 spiro atoms. The van der Waals surface area contributed by atoms with Gasteiger partial charge in [-0.1, -0.05) is 184 Å². The molecule has 1 aromatic heterocycles. The van der Waals surface area contributed by atoms with Crippen LogP contribution in [-0.2, 0) is 39.0 Å². The highest BCUT2D eigenvalue weighted by Crippen LogP contribution is 2.54. The smallest absolute Gasteiger partial charge is 0.408 e. The summed E-state index contributed by atoms with van der Waals surface area (Å²) in [7, 11) is -0.948. The summed E-state index contributed by atoms with van der Waals surface area (Å²) in [5, 5.41) is 27.2. The third-order valence-corrected chi connectivity index (χ3v) is 18.3. The van der Waals surface area contributed by atoms with E-state index in [-0.39, 0.29) is 29.9 Å². The molecule has 1 fully saturated rings. The molecule has 17 heteroatoms. The summed E-state index contributed by atoms with van der Waals surface area (Å²) in [5.74, 6) is 1.69. The van der Waals surface area contributed by atoms with Crippen LogP contribution < -0.4 is 20.5 Å². The van der Waals surface area contributed by atoms with Gasteiger partial charge in [-0.2, -0.15) is 4.98 Å². The Morgan fingerprint density at radius 2 is 1.18 bits per heavy atom. The number of thioether (sulfide) groups is 1. The summed E-state index contributed by atoms with van der Waals surface area (Å²) in [6.45, 7) is 9.44. The zero-order chi connectivity index (χ0) is 58.4. The number of hydrogen-bond donors (Lipinski definition) is 3. The van der Waals surface area contributed by atoms with Crippen LogP contribution in [0, 0.1) is 5.41 Å². The van der Waals surface area contributed by atoms with Gasteiger partial charge in [0, 0.05) is 25.0 Å². The van der Waals surface area contributed by atoms with Crippen LogP contribution in [0.4, 0.5) is 5.82 Å². The minimum Gasteiger partial charge on any atom is -0.497 e. The fraction of sp³-hybridized carbons (Fsp3) is 0.369. The Balaban J connectivity index is 0.986. The molecule has 6 aromatic carbocycles. The van der Waals surface area contributed by atoms with Crippen LogP contribution in [0.15, 0.2) is 187 Å². The fourth-order valence-electron chi connectivity index (χ4n) is 10.3. The van der Waals surface area contributed by atoms with Crippen LogP contribution in [0.25, 0.3) is 0 Å². The molecule has 2 unspecified atom stereocenters. The molecule has 1 saturated heterocycles. The molecule has 0 bridgehead atoms. The lowest BCUT2D eigenvalue weighted by Gasteiger charge is -2.38. The molecule has 15 nitrogen and oxygen atoms in total. The van der Waals surface area contributed by atoms with Crippen molar-refractivity contribution in [3.63, 3.8) is 0 Å². The van der Waals surface area contributed by atoms with Crippen molar-refractivity contribution in [3.8, 4) is 11.5 Å². The monoisotopic (exact) mass is 1150 g/mol. The minimum absolute atomic E-state index is 0.0730. The number of benzene rings is 6. The van der Waals surface area contributed by atoms with E-state index < -0.39 is 60.6 Å². The van der Waals surface area contributed by atoms with E-state index in [4.69, 9.17) is 28.0 Å². The quantitative estimate of drug-likeness (QED) is 0.0229. The third-order valence-electron chi connectivity index (χ3n) is 15.0. The van der Waals surface area contributed by atoms with E-state index in [1.165, 1.54) is 13.1 Å². The van der Waals surface area contributed by atoms with Crippen LogP contribution in [0.3, 0.4) is 0 Å². The topological polar surface area (TPSA) is 180 Å². The van der Waals surface area contributed by atoms with Gasteiger partial charge in [-0.3, -0.25) is 18.4 Å². The average molecular weight is 1150 g/mol. The number of aliphatic hydroxyl groups excluding tert-OH is 1. The van der Waals surface area contributed by atoms with Gasteiger partial charge in [-0.05, 0) is 97.3 Å². The van der Waals surface area contributed by atoms with Crippen LogP contribution >= 0.6 is 19.5 Å². The Hall–Kier alpha value is -6.43. The number of anilines is 1. The number of carbonyl (C=O) groups excluding carboxylic acids is 1. The molecule has 1 aliphatic heterocycles. The van der Waals surface area contributed by atoms with E-state index in [2.05, 4.69) is 10.3 Å². The van der Waals surface area contributed by atoms with Crippen molar-refractivity contribution >= 4 is 30.4 Å². The molecule has 7 aromatic rings. The zero-order valence-corrected chi connectivity index (χ0v) is 49.6. The summed E-state index contributed by atoms with van der Waals surface area (Å²) in [6.07, 6.45) is 0.178. The van der Waals surface area contributed by atoms with Gasteiger partial charge in [0.05, 0.1) is 39.5 Å². The molecule has 0 amide bonds. The molecule has 5 atom stereocenters. The lowest BCUT2D eigenvalue weighted by Crippen LogP contribution is -2.46. The lowest BCUT2D eigenvalue weighted by molar-refractivity contribution is -0.124. The van der Waals surface area contributed by atoms with Crippen molar-refractivity contribution in [2.45, 2.75) is 95.5 Å². The maximum Gasteiger partial charge on any atom is 0.408 e. The standard InChI is InChI=1S/C65H77N4O11PS/c1-8-10-41-68(42-11-9-2)81(74,78-44-45-82-60(71)62(3,4)47-77-65(51-26-18-13-19-27-51,52-28-20-14-21-29-52)53-30-22-15-23-31-53)79-46-56-58(70)63(5,73)59(80-56)69-43-40-57(66-61(69)72)67-64(48-24-16-12-17-25-48,49-32-36-54(75-6)37-33-49)50-34-38-55(76-7)39-35-50/h12-40,43,56,58-59,70,73H,8-11,41-42,44-47H2,1-7H3,(H,66,67,72)/t56-,58?,59-,63+,81?/m1/s1. The number of unbranched alkanes of at least 4 members (excludes halogenated alkanes) is 2. The van der Waals surface area contributed by atoms with Crippen molar-refractivity contribution in [3.05, 3.63) is 226 Å². The van der Waals surface area contributed by atoms with E-state index in [1.54, 1.807) is 25.0 Å². The molecule has 8 rings (SSSR count). The van der Waals surface area contributed by atoms with Crippen molar-refractivity contribution in [1.82, 2.24) is 14.2 Å². The van der Waals surface area contributed by atoms with Crippen LogP contribution in [0.1, 0.15) is 99.9 Å². The summed E-state index contributed by atoms with van der Waals surface area (Å²) in [5.41, 5.74) is -0.663. The maximum atomic E-state index is 15.2. The number of rotatable bonds is 29. The highest BCUT2D eigenvalue weighted by molar-refractivity contribution is 8.13. The first kappa shape index (κ1) is 61.6. The van der Waals surface area contributed by atoms with E-state index in [1.807, 2.05) is 198 Å². The second-order valence-electron chi connectivity index (χ2n) is 21.2. The third kappa shape index (κ3) is 13.6. The SMILES string of the molecule is CCCCN(CCCC)P(=O)(OCCSC(=O)C(C)(C)COC(c1ccccc1)(c1ccccc1)c1ccccc1)OC[C@H]1O[C@@H](n2ccc(NC(c3ccccc3)(c3ccc(OC)cc3)c3ccc(OC)cc3)nc2=O)[C@@](C)(O)C1O. The summed E-state index contributed by atoms with van der Waals surface area (Å²) in [6, 6.07) is 56.6. The van der Waals surface area contributed by atoms with E-state index in [9.17, 15) is 19.8 Å². The highest BCUT2D eigenvalue weighted by Gasteiger charge is 2.54. The fourth-order valence-corrected chi connectivity index (χ4v) is 13.1. The summed E-state index contributed by atoms with van der Waals surface area (Å²) < 4.78 is 55.0. The molecular weight excluding hydrogens is 1080 g/mol. The molecule has 82 heavy (non-hydrogen) atoms. The molecule has 1 aliphatic rings. The van der Waals surface area contributed by atoms with Crippen LogP contribution in [-0.4, -0.2) is 100 Å². The van der Waals surface area contributed by atoms with Crippen molar-refractivity contribution in [1.29, 1.82) is 0 Å². The zero-order valence-electron chi connectivity index (χ0n) is 47.9. The number of carbonyl (C=O) groups is 1. The van der Waals surface area contributed by atoms with Crippen molar-refractivity contribution in [2.24, 2.45) is 5.41 Å². The maximum absolute atomic E-state index is 15.2. The Morgan fingerprint density at radius 1 is 0.720 bits per heavy atom. The predicted molar refractivity (Wildman–Crippen MR) is 322 cm³/mol. The first-order chi connectivity index (χ1) is 39.6. The van der Waals surface area contributed by atoms with E-state index >= 15 is 4.57 Å². The van der Waals surface area contributed by atoms with Crippen LogP contribution in [0.2, 0.25) is 0 Å². The number of aromatic nitrogens is 2. The Bertz CT molecular complexity index is 3080. The number of nitrogens with one attached hydrogen (secondary N) is 1. The number of aliphatic hydroxyl groups is 2. The van der Waals surface area contributed by atoms with Gasteiger partial charge >= 0.3 is 13.4 Å². The van der Waals surface area contributed by atoms with Gasteiger partial charge in [-0.15, -0.1) is 0 Å². The number of methoxy groups -OCH3 is 2. The number of ether oxygens (including phenoxy) is 4. The second kappa shape index (κ2) is 27.8. The van der Waals surface area contributed by atoms with Crippen molar-refractivity contribution in [2.75, 3.05) is 58.2 Å². The Kier molecular flexibility index (Phi) is 20.9. The molecule has 3 N–H and O–H groups in total. The van der Waals surface area contributed by atoms with Gasteiger partial charge in [0.15, 0.2) is 11.3 Å². The Labute approximate surface area is 486 Å². The van der Waals surface area contributed by atoms with Gasteiger partial charge in [0.25, 0.3) is 0 Å². The Morgan fingerprint density at radius 3 is 1.63 bits per heavy atom. The first-order valence-electron chi connectivity index (χ1n) is 28.0. The minimum atomic E-state index is -4.15. The molecule has 434 valence electrons. The summed E-state index contributed by atoms with van der Waals surface area (Å²) in [4.78, 5) is 33.0. The lowest BCUT2D eigenvalue weighted by atomic mass is 9.77. The normalized spacial score (nSPS) is 18.2. The molecule has 0 aliphatic carbocycles. The van der Waals surface area contributed by atoms with E-state index in [0.717, 1.165) is 62.6 Å². The predicted octanol–water partition coefficient (Wildman–Crippen LogP) is 12.0. The van der Waals surface area contributed by atoms with Gasteiger partial charge < -0.3 is 34.5 Å². The van der Waals surface area contributed by atoms with Crippen molar-refractivity contribution < 1.29 is 47.6 Å². The first-order valence-corrected chi connectivity index (χ1v) is 30.4. The van der Waals surface area contributed by atoms with E-state index in [0.29, 0.717) is 37.4 Å². The average Bonchev–Trinajstić information content (AvgIpc) is 3.91. The molecule has 0 radical (unpaired) electrons.